The highest BCUT2D eigenvalue weighted by Crippen LogP contribution is 2.23. The van der Waals surface area contributed by atoms with Crippen molar-refractivity contribution in [2.45, 2.75) is 25.4 Å². The van der Waals surface area contributed by atoms with E-state index in [1.54, 1.807) is 17.5 Å². The highest BCUT2D eigenvalue weighted by Gasteiger charge is 2.23. The molecule has 2 N–H and O–H groups in total. The van der Waals surface area contributed by atoms with Crippen molar-refractivity contribution in [2.24, 2.45) is 5.73 Å². The Morgan fingerprint density at radius 3 is 3.07 bits per heavy atom. The fourth-order valence-electron chi connectivity index (χ4n) is 1.91. The van der Waals surface area contributed by atoms with Gasteiger partial charge in [-0.1, -0.05) is 11.6 Å². The lowest BCUT2D eigenvalue weighted by Gasteiger charge is -2.21. The van der Waals surface area contributed by atoms with Crippen LogP contribution in [0, 0.1) is 0 Å². The van der Waals surface area contributed by atoms with Gasteiger partial charge in [-0.3, -0.25) is 4.90 Å². The Labute approximate surface area is 105 Å². The zero-order chi connectivity index (χ0) is 9.97. The molecular formula is C9H15Cl2N3S. The highest BCUT2D eigenvalue weighted by molar-refractivity contribution is 7.15. The van der Waals surface area contributed by atoms with Crippen LogP contribution in [0.1, 0.15) is 17.8 Å². The Kier molecular flexibility index (Phi) is 5.29. The Morgan fingerprint density at radius 2 is 2.47 bits per heavy atom. The Morgan fingerprint density at radius 1 is 1.67 bits per heavy atom. The van der Waals surface area contributed by atoms with Crippen molar-refractivity contribution in [1.82, 2.24) is 9.88 Å². The van der Waals surface area contributed by atoms with E-state index in [1.807, 2.05) is 0 Å². The largest absolute Gasteiger partial charge is 0.329 e. The van der Waals surface area contributed by atoms with Crippen LogP contribution in [0.4, 0.5) is 0 Å². The molecule has 0 aromatic carbocycles. The van der Waals surface area contributed by atoms with Gasteiger partial charge in [0.2, 0.25) is 0 Å². The molecule has 0 bridgehead atoms. The number of hydrogen-bond acceptors (Lipinski definition) is 4. The third-order valence-corrected chi connectivity index (χ3v) is 3.73. The summed E-state index contributed by atoms with van der Waals surface area (Å²) in [6, 6.07) is 0.540. The van der Waals surface area contributed by atoms with Gasteiger partial charge in [0.15, 0.2) is 0 Å². The van der Waals surface area contributed by atoms with Gasteiger partial charge in [-0.2, -0.15) is 0 Å². The van der Waals surface area contributed by atoms with E-state index in [0.29, 0.717) is 6.04 Å². The third kappa shape index (κ3) is 3.29. The first-order valence-corrected chi connectivity index (χ1v) is 6.03. The first-order valence-electron chi connectivity index (χ1n) is 4.84. The number of thiazole rings is 1. The number of likely N-dealkylation sites (tertiary alicyclic amines) is 1. The molecular weight excluding hydrogens is 253 g/mol. The van der Waals surface area contributed by atoms with Crippen molar-refractivity contribution in [1.29, 1.82) is 0 Å². The predicted molar refractivity (Wildman–Crippen MR) is 66.9 cm³/mol. The average Bonchev–Trinajstić information content (AvgIpc) is 2.76. The van der Waals surface area contributed by atoms with E-state index >= 15 is 0 Å². The number of rotatable bonds is 3. The first kappa shape index (κ1) is 13.2. The standard InChI is InChI=1S/C9H14ClN3S.ClH/c10-8-5-12-9(14-8)6-13-3-1-2-7(13)4-11;/h5,7H,1-4,6,11H2;1H. The van der Waals surface area contributed by atoms with Crippen molar-refractivity contribution < 1.29 is 0 Å². The maximum Gasteiger partial charge on any atom is 0.113 e. The van der Waals surface area contributed by atoms with Gasteiger partial charge in [-0.25, -0.2) is 4.98 Å². The summed E-state index contributed by atoms with van der Waals surface area (Å²) < 4.78 is 0.767. The lowest BCUT2D eigenvalue weighted by Crippen LogP contribution is -2.34. The molecule has 0 saturated carbocycles. The van der Waals surface area contributed by atoms with Crippen molar-refractivity contribution >= 4 is 35.3 Å². The van der Waals surface area contributed by atoms with Gasteiger partial charge in [0.05, 0.1) is 12.7 Å². The fraction of sp³-hybridized carbons (Fsp3) is 0.667. The van der Waals surface area contributed by atoms with E-state index in [4.69, 9.17) is 17.3 Å². The van der Waals surface area contributed by atoms with Gasteiger partial charge < -0.3 is 5.73 Å². The molecule has 1 aliphatic heterocycles. The molecule has 0 aliphatic carbocycles. The summed E-state index contributed by atoms with van der Waals surface area (Å²) in [5, 5.41) is 1.09. The van der Waals surface area contributed by atoms with E-state index in [2.05, 4.69) is 9.88 Å². The molecule has 1 unspecified atom stereocenters. The first-order chi connectivity index (χ1) is 6.79. The van der Waals surface area contributed by atoms with Crippen LogP contribution < -0.4 is 5.73 Å². The van der Waals surface area contributed by atoms with Crippen LogP contribution in [0.15, 0.2) is 6.20 Å². The molecule has 0 radical (unpaired) electrons. The van der Waals surface area contributed by atoms with Crippen LogP contribution in [-0.2, 0) is 6.54 Å². The highest BCUT2D eigenvalue weighted by atomic mass is 35.5. The van der Waals surface area contributed by atoms with E-state index < -0.39 is 0 Å². The maximum absolute atomic E-state index is 5.83. The van der Waals surface area contributed by atoms with Crippen LogP contribution in [0.5, 0.6) is 0 Å². The SMILES string of the molecule is Cl.NCC1CCCN1Cc1ncc(Cl)s1. The van der Waals surface area contributed by atoms with Gasteiger partial charge in [0, 0.05) is 12.6 Å². The van der Waals surface area contributed by atoms with Crippen LogP contribution in [0.25, 0.3) is 0 Å². The molecule has 0 spiro atoms. The summed E-state index contributed by atoms with van der Waals surface area (Å²) in [4.78, 5) is 6.65. The molecule has 6 heteroatoms. The molecule has 86 valence electrons. The maximum atomic E-state index is 5.83. The normalized spacial score (nSPS) is 21.6. The molecule has 1 saturated heterocycles. The minimum atomic E-state index is 0. The van der Waals surface area contributed by atoms with E-state index in [-0.39, 0.29) is 12.4 Å². The molecule has 1 aliphatic rings. The molecule has 3 nitrogen and oxygen atoms in total. The second kappa shape index (κ2) is 6.01. The van der Waals surface area contributed by atoms with Crippen molar-refractivity contribution in [3.8, 4) is 0 Å². The van der Waals surface area contributed by atoms with Gasteiger partial charge in [-0.05, 0) is 19.4 Å². The number of aromatic nitrogens is 1. The number of halogens is 2. The molecule has 15 heavy (non-hydrogen) atoms. The monoisotopic (exact) mass is 267 g/mol. The van der Waals surface area contributed by atoms with E-state index in [9.17, 15) is 0 Å². The molecule has 0 amide bonds. The smallest absolute Gasteiger partial charge is 0.113 e. The second-order valence-corrected chi connectivity index (χ2v) is 5.31. The third-order valence-electron chi connectivity index (χ3n) is 2.63. The molecule has 2 rings (SSSR count). The number of hydrogen-bond donors (Lipinski definition) is 1. The van der Waals surface area contributed by atoms with Crippen molar-refractivity contribution in [3.63, 3.8) is 0 Å². The van der Waals surface area contributed by atoms with E-state index in [1.165, 1.54) is 12.8 Å². The van der Waals surface area contributed by atoms with Gasteiger partial charge in [-0.15, -0.1) is 23.7 Å². The van der Waals surface area contributed by atoms with Crippen molar-refractivity contribution in [2.75, 3.05) is 13.1 Å². The zero-order valence-electron chi connectivity index (χ0n) is 8.36. The van der Waals surface area contributed by atoms with Crippen LogP contribution in [0.2, 0.25) is 4.34 Å². The van der Waals surface area contributed by atoms with Crippen LogP contribution >= 0.6 is 35.3 Å². The minimum Gasteiger partial charge on any atom is -0.329 e. The average molecular weight is 268 g/mol. The van der Waals surface area contributed by atoms with Crippen LogP contribution in [0.3, 0.4) is 0 Å². The summed E-state index contributed by atoms with van der Waals surface area (Å²) >= 11 is 7.39. The predicted octanol–water partition coefficient (Wildman–Crippen LogP) is 2.14. The van der Waals surface area contributed by atoms with Gasteiger partial charge >= 0.3 is 0 Å². The summed E-state index contributed by atoms with van der Waals surface area (Å²) in [7, 11) is 0. The molecule has 1 fully saturated rings. The van der Waals surface area contributed by atoms with E-state index in [0.717, 1.165) is 29.0 Å². The van der Waals surface area contributed by atoms with Crippen molar-refractivity contribution in [3.05, 3.63) is 15.5 Å². The topological polar surface area (TPSA) is 42.1 Å². The number of nitrogens with two attached hydrogens (primary N) is 1. The Bertz CT molecular complexity index is 305. The Hall–Kier alpha value is 0.130. The molecule has 1 aromatic heterocycles. The molecule has 1 atom stereocenters. The zero-order valence-corrected chi connectivity index (χ0v) is 10.7. The van der Waals surface area contributed by atoms with Crippen LogP contribution in [-0.4, -0.2) is 29.0 Å². The summed E-state index contributed by atoms with van der Waals surface area (Å²) in [5.74, 6) is 0. The Balaban J connectivity index is 0.00000112. The minimum absolute atomic E-state index is 0. The second-order valence-electron chi connectivity index (χ2n) is 3.56. The van der Waals surface area contributed by atoms with Gasteiger partial charge in [0.25, 0.3) is 0 Å². The summed E-state index contributed by atoms with van der Waals surface area (Å²) in [6.45, 7) is 2.79. The summed E-state index contributed by atoms with van der Waals surface area (Å²) in [6.07, 6.45) is 4.19. The summed E-state index contributed by atoms with van der Waals surface area (Å²) in [5.41, 5.74) is 5.70. The molecule has 1 aromatic rings. The molecule has 2 heterocycles. The van der Waals surface area contributed by atoms with Gasteiger partial charge in [0.1, 0.15) is 9.34 Å². The fourth-order valence-corrected chi connectivity index (χ4v) is 2.89. The number of nitrogens with zero attached hydrogens (tertiary/aromatic N) is 2. The lowest BCUT2D eigenvalue weighted by atomic mass is 10.2. The lowest BCUT2D eigenvalue weighted by molar-refractivity contribution is 0.250. The quantitative estimate of drug-likeness (QED) is 0.913.